The fourth-order valence-electron chi connectivity index (χ4n) is 1.62. The van der Waals surface area contributed by atoms with E-state index in [4.69, 9.17) is 11.6 Å². The second-order valence-corrected chi connectivity index (χ2v) is 4.87. The fraction of sp³-hybridized carbons (Fsp3) is 0.143. The summed E-state index contributed by atoms with van der Waals surface area (Å²) in [7, 11) is 0. The molecule has 2 heteroatoms. The van der Waals surface area contributed by atoms with Gasteiger partial charge in [-0.3, -0.25) is 0 Å². The Balaban J connectivity index is 2.24. The van der Waals surface area contributed by atoms with E-state index in [0.29, 0.717) is 0 Å². The first-order valence-electron chi connectivity index (χ1n) is 5.20. The molecule has 2 aromatic carbocycles. The van der Waals surface area contributed by atoms with Gasteiger partial charge < -0.3 is 0 Å². The zero-order chi connectivity index (χ0) is 11.4. The molecule has 2 aromatic rings. The van der Waals surface area contributed by atoms with Crippen LogP contribution >= 0.6 is 27.5 Å². The maximum Gasteiger partial charge on any atom is 0.0406 e. The third-order valence-electron chi connectivity index (χ3n) is 2.51. The van der Waals surface area contributed by atoms with Gasteiger partial charge in [-0.2, -0.15) is 0 Å². The minimum Gasteiger partial charge on any atom is -0.0924 e. The minimum atomic E-state index is 0.777. The number of benzene rings is 2. The standard InChI is InChI=1S/C14H12BrCl/c15-10-9-11-1-3-12(4-2-11)13-5-7-14(16)8-6-13/h1-8H,9-10H2. The summed E-state index contributed by atoms with van der Waals surface area (Å²) in [5, 5.41) is 1.78. The predicted octanol–water partition coefficient (Wildman–Crippen LogP) is 4.94. The van der Waals surface area contributed by atoms with Gasteiger partial charge in [0.2, 0.25) is 0 Å². The van der Waals surface area contributed by atoms with Crippen molar-refractivity contribution in [3.05, 3.63) is 59.1 Å². The zero-order valence-corrected chi connectivity index (χ0v) is 11.1. The smallest absolute Gasteiger partial charge is 0.0406 e. The van der Waals surface area contributed by atoms with Crippen LogP contribution in [-0.2, 0) is 6.42 Å². The monoisotopic (exact) mass is 294 g/mol. The molecule has 0 N–H and O–H groups in total. The number of alkyl halides is 1. The highest BCUT2D eigenvalue weighted by Crippen LogP contribution is 2.22. The van der Waals surface area contributed by atoms with Crippen molar-refractivity contribution in [2.24, 2.45) is 0 Å². The van der Waals surface area contributed by atoms with Gasteiger partial charge >= 0.3 is 0 Å². The molecule has 0 heterocycles. The second kappa shape index (κ2) is 5.51. The van der Waals surface area contributed by atoms with E-state index in [1.54, 1.807) is 0 Å². The highest BCUT2D eigenvalue weighted by molar-refractivity contribution is 9.09. The SMILES string of the molecule is Clc1ccc(-c2ccc(CCBr)cc2)cc1. The van der Waals surface area contributed by atoms with E-state index >= 15 is 0 Å². The molecular formula is C14H12BrCl. The average Bonchev–Trinajstić information content (AvgIpc) is 2.32. The van der Waals surface area contributed by atoms with Gasteiger partial charge in [-0.25, -0.2) is 0 Å². The van der Waals surface area contributed by atoms with Crippen LogP contribution in [0, 0.1) is 0 Å². The third-order valence-corrected chi connectivity index (χ3v) is 3.16. The van der Waals surface area contributed by atoms with Crippen LogP contribution in [0.25, 0.3) is 11.1 Å². The fourth-order valence-corrected chi connectivity index (χ4v) is 2.20. The van der Waals surface area contributed by atoms with Crippen LogP contribution in [0.2, 0.25) is 5.02 Å². The Kier molecular flexibility index (Phi) is 4.03. The Morgan fingerprint density at radius 1 is 0.812 bits per heavy atom. The Morgan fingerprint density at radius 3 is 1.81 bits per heavy atom. The van der Waals surface area contributed by atoms with Crippen molar-refractivity contribution in [2.75, 3.05) is 5.33 Å². The molecule has 0 aliphatic heterocycles. The van der Waals surface area contributed by atoms with E-state index in [1.165, 1.54) is 16.7 Å². The van der Waals surface area contributed by atoms with Crippen molar-refractivity contribution in [3.63, 3.8) is 0 Å². The molecule has 0 spiro atoms. The Morgan fingerprint density at radius 2 is 1.31 bits per heavy atom. The van der Waals surface area contributed by atoms with Crippen molar-refractivity contribution >= 4 is 27.5 Å². The summed E-state index contributed by atoms with van der Waals surface area (Å²) in [5.74, 6) is 0. The zero-order valence-electron chi connectivity index (χ0n) is 8.79. The van der Waals surface area contributed by atoms with E-state index in [9.17, 15) is 0 Å². The summed E-state index contributed by atoms with van der Waals surface area (Å²) in [6, 6.07) is 16.6. The maximum absolute atomic E-state index is 5.86. The van der Waals surface area contributed by atoms with Crippen molar-refractivity contribution in [1.82, 2.24) is 0 Å². The number of rotatable bonds is 3. The summed E-state index contributed by atoms with van der Waals surface area (Å²) < 4.78 is 0. The summed E-state index contributed by atoms with van der Waals surface area (Å²) >= 11 is 9.30. The number of hydrogen-bond donors (Lipinski definition) is 0. The molecule has 0 nitrogen and oxygen atoms in total. The molecule has 0 unspecified atom stereocenters. The Bertz CT molecular complexity index is 445. The summed E-state index contributed by atoms with van der Waals surface area (Å²) in [6.07, 6.45) is 1.07. The van der Waals surface area contributed by atoms with Gasteiger partial charge in [0.1, 0.15) is 0 Å². The predicted molar refractivity (Wildman–Crippen MR) is 74.4 cm³/mol. The molecule has 82 valence electrons. The van der Waals surface area contributed by atoms with E-state index in [1.807, 2.05) is 24.3 Å². The first kappa shape index (κ1) is 11.7. The molecule has 0 saturated carbocycles. The van der Waals surface area contributed by atoms with Crippen LogP contribution in [0.15, 0.2) is 48.5 Å². The topological polar surface area (TPSA) is 0 Å². The van der Waals surface area contributed by atoms with Crippen molar-refractivity contribution in [3.8, 4) is 11.1 Å². The quantitative estimate of drug-likeness (QED) is 0.703. The van der Waals surface area contributed by atoms with E-state index in [-0.39, 0.29) is 0 Å². The largest absolute Gasteiger partial charge is 0.0924 e. The van der Waals surface area contributed by atoms with Crippen molar-refractivity contribution < 1.29 is 0 Å². The van der Waals surface area contributed by atoms with Crippen LogP contribution in [0.3, 0.4) is 0 Å². The highest BCUT2D eigenvalue weighted by atomic mass is 79.9. The molecule has 0 bridgehead atoms. The summed E-state index contributed by atoms with van der Waals surface area (Å²) in [6.45, 7) is 0. The van der Waals surface area contributed by atoms with Crippen LogP contribution in [0.4, 0.5) is 0 Å². The number of hydrogen-bond acceptors (Lipinski definition) is 0. The third kappa shape index (κ3) is 2.87. The summed E-state index contributed by atoms with van der Waals surface area (Å²) in [5.41, 5.74) is 3.79. The Hall–Kier alpha value is -0.790. The molecular weight excluding hydrogens is 284 g/mol. The van der Waals surface area contributed by atoms with Gasteiger partial charge in [0.15, 0.2) is 0 Å². The van der Waals surface area contributed by atoms with Gasteiger partial charge in [-0.15, -0.1) is 0 Å². The number of aryl methyl sites for hydroxylation is 1. The highest BCUT2D eigenvalue weighted by Gasteiger charge is 1.98. The van der Waals surface area contributed by atoms with Crippen molar-refractivity contribution in [1.29, 1.82) is 0 Å². The van der Waals surface area contributed by atoms with Gasteiger partial charge in [0, 0.05) is 10.4 Å². The second-order valence-electron chi connectivity index (χ2n) is 3.64. The first-order valence-corrected chi connectivity index (χ1v) is 6.70. The van der Waals surface area contributed by atoms with Gasteiger partial charge in [-0.05, 0) is 35.2 Å². The van der Waals surface area contributed by atoms with E-state index in [2.05, 4.69) is 40.2 Å². The van der Waals surface area contributed by atoms with E-state index in [0.717, 1.165) is 16.8 Å². The van der Waals surface area contributed by atoms with Crippen LogP contribution in [-0.4, -0.2) is 5.33 Å². The van der Waals surface area contributed by atoms with Crippen LogP contribution in [0.1, 0.15) is 5.56 Å². The molecule has 0 aliphatic carbocycles. The molecule has 0 atom stereocenters. The molecule has 0 fully saturated rings. The first-order chi connectivity index (χ1) is 7.79. The molecule has 0 radical (unpaired) electrons. The summed E-state index contributed by atoms with van der Waals surface area (Å²) in [4.78, 5) is 0. The van der Waals surface area contributed by atoms with Gasteiger partial charge in [0.25, 0.3) is 0 Å². The Labute approximate surface area is 109 Å². The lowest BCUT2D eigenvalue weighted by Crippen LogP contribution is -1.85. The normalized spacial score (nSPS) is 10.4. The molecule has 0 amide bonds. The molecule has 0 aromatic heterocycles. The van der Waals surface area contributed by atoms with E-state index < -0.39 is 0 Å². The van der Waals surface area contributed by atoms with Gasteiger partial charge in [0.05, 0.1) is 0 Å². The van der Waals surface area contributed by atoms with Crippen molar-refractivity contribution in [2.45, 2.75) is 6.42 Å². The molecule has 2 rings (SSSR count). The lowest BCUT2D eigenvalue weighted by Gasteiger charge is -2.03. The lowest BCUT2D eigenvalue weighted by molar-refractivity contribution is 1.17. The van der Waals surface area contributed by atoms with Crippen LogP contribution in [0.5, 0.6) is 0 Å². The van der Waals surface area contributed by atoms with Gasteiger partial charge in [-0.1, -0.05) is 63.9 Å². The molecule has 0 aliphatic rings. The average molecular weight is 296 g/mol. The van der Waals surface area contributed by atoms with Crippen LogP contribution < -0.4 is 0 Å². The molecule has 0 saturated heterocycles. The minimum absolute atomic E-state index is 0.777. The lowest BCUT2D eigenvalue weighted by atomic mass is 10.0. The molecule has 16 heavy (non-hydrogen) atoms. The maximum atomic E-state index is 5.86. The number of halogens is 2.